The van der Waals surface area contributed by atoms with E-state index in [1.807, 2.05) is 17.0 Å². The van der Waals surface area contributed by atoms with Crippen molar-refractivity contribution in [3.63, 3.8) is 0 Å². The van der Waals surface area contributed by atoms with E-state index in [4.69, 9.17) is 5.73 Å². The molecule has 118 valence electrons. The van der Waals surface area contributed by atoms with Gasteiger partial charge in [-0.2, -0.15) is 0 Å². The second-order valence-corrected chi connectivity index (χ2v) is 7.72. The average molecular weight is 382 g/mol. The summed E-state index contributed by atoms with van der Waals surface area (Å²) in [6.07, 6.45) is 4.55. The van der Waals surface area contributed by atoms with Gasteiger partial charge in [0.1, 0.15) is 0 Å². The molecule has 6 heteroatoms. The molecule has 1 aromatic heterocycles. The van der Waals surface area contributed by atoms with Gasteiger partial charge in [-0.3, -0.25) is 4.79 Å². The van der Waals surface area contributed by atoms with Crippen molar-refractivity contribution in [1.82, 2.24) is 9.88 Å². The normalized spacial score (nSPS) is 18.8. The van der Waals surface area contributed by atoms with Crippen LogP contribution in [0.2, 0.25) is 0 Å². The highest BCUT2D eigenvalue weighted by Gasteiger charge is 2.25. The van der Waals surface area contributed by atoms with E-state index in [0.717, 1.165) is 34.4 Å². The number of aryl methyl sites for hydroxylation is 1. The fraction of sp³-hybridized carbons (Fsp3) is 0.500. The Morgan fingerprint density at radius 3 is 3.14 bits per heavy atom. The van der Waals surface area contributed by atoms with Gasteiger partial charge < -0.3 is 10.6 Å². The first-order valence-corrected chi connectivity index (χ1v) is 9.33. The molecule has 22 heavy (non-hydrogen) atoms. The molecular weight excluding hydrogens is 362 g/mol. The molecule has 0 spiro atoms. The minimum absolute atomic E-state index is 0.218. The summed E-state index contributed by atoms with van der Waals surface area (Å²) in [5.74, 6) is 0.218. The van der Waals surface area contributed by atoms with Gasteiger partial charge in [-0.05, 0) is 37.5 Å². The fourth-order valence-corrected chi connectivity index (χ4v) is 4.28. The molecule has 0 saturated carbocycles. The number of rotatable bonds is 4. The first-order chi connectivity index (χ1) is 10.7. The molecule has 1 amide bonds. The van der Waals surface area contributed by atoms with E-state index in [1.54, 1.807) is 11.3 Å². The summed E-state index contributed by atoms with van der Waals surface area (Å²) < 4.78 is 2.20. The minimum atomic E-state index is 0.218. The third-order valence-corrected chi connectivity index (χ3v) is 5.76. The van der Waals surface area contributed by atoms with Crippen LogP contribution in [0.15, 0.2) is 22.7 Å². The van der Waals surface area contributed by atoms with E-state index in [-0.39, 0.29) is 11.9 Å². The maximum atomic E-state index is 12.4. The van der Waals surface area contributed by atoms with E-state index >= 15 is 0 Å². The molecule has 2 aromatic rings. The van der Waals surface area contributed by atoms with Crippen molar-refractivity contribution in [1.29, 1.82) is 0 Å². The number of benzene rings is 1. The molecule has 1 aliphatic heterocycles. The molecule has 1 fully saturated rings. The second-order valence-electron chi connectivity index (χ2n) is 5.69. The lowest BCUT2D eigenvalue weighted by atomic mass is 10.0. The Balaban J connectivity index is 1.64. The lowest BCUT2D eigenvalue weighted by Gasteiger charge is -2.35. The Morgan fingerprint density at radius 1 is 1.45 bits per heavy atom. The SMILES string of the molecule is NCC1CCCCN1C(=O)CCc1nc2cc(Br)ccc2s1. The van der Waals surface area contributed by atoms with Gasteiger partial charge in [-0.1, -0.05) is 15.9 Å². The van der Waals surface area contributed by atoms with Crippen molar-refractivity contribution in [2.75, 3.05) is 13.1 Å². The van der Waals surface area contributed by atoms with Gasteiger partial charge in [0.2, 0.25) is 5.91 Å². The molecule has 0 aliphatic carbocycles. The Kier molecular flexibility index (Phi) is 5.10. The summed E-state index contributed by atoms with van der Waals surface area (Å²) in [5, 5.41) is 1.03. The van der Waals surface area contributed by atoms with Crippen molar-refractivity contribution in [2.45, 2.75) is 38.1 Å². The Bertz CT molecular complexity index is 672. The van der Waals surface area contributed by atoms with Crippen LogP contribution < -0.4 is 5.73 Å². The van der Waals surface area contributed by atoms with Crippen molar-refractivity contribution in [2.24, 2.45) is 5.73 Å². The number of fused-ring (bicyclic) bond motifs is 1. The molecule has 1 aromatic carbocycles. The van der Waals surface area contributed by atoms with Crippen LogP contribution in [0.1, 0.15) is 30.7 Å². The van der Waals surface area contributed by atoms with Crippen LogP contribution in [0.4, 0.5) is 0 Å². The molecular formula is C16H20BrN3OS. The largest absolute Gasteiger partial charge is 0.338 e. The number of likely N-dealkylation sites (tertiary alicyclic amines) is 1. The van der Waals surface area contributed by atoms with Crippen LogP contribution in [0, 0.1) is 0 Å². The van der Waals surface area contributed by atoms with Crippen LogP contribution in [0.25, 0.3) is 10.2 Å². The second kappa shape index (κ2) is 7.06. The fourth-order valence-electron chi connectivity index (χ4n) is 2.99. The number of amides is 1. The van der Waals surface area contributed by atoms with Crippen LogP contribution in [-0.4, -0.2) is 34.9 Å². The molecule has 0 radical (unpaired) electrons. The van der Waals surface area contributed by atoms with E-state index in [9.17, 15) is 4.79 Å². The Hall–Kier alpha value is -0.980. The number of hydrogen-bond acceptors (Lipinski definition) is 4. The van der Waals surface area contributed by atoms with Gasteiger partial charge in [0, 0.05) is 36.4 Å². The number of piperidine rings is 1. The molecule has 0 bridgehead atoms. The van der Waals surface area contributed by atoms with Crippen LogP contribution in [0.3, 0.4) is 0 Å². The number of thiazole rings is 1. The maximum Gasteiger partial charge on any atom is 0.223 e. The Morgan fingerprint density at radius 2 is 2.32 bits per heavy atom. The number of carbonyl (C=O) groups is 1. The molecule has 1 saturated heterocycles. The van der Waals surface area contributed by atoms with Gasteiger partial charge in [0.25, 0.3) is 0 Å². The summed E-state index contributed by atoms with van der Waals surface area (Å²) in [6.45, 7) is 1.42. The molecule has 1 aliphatic rings. The van der Waals surface area contributed by atoms with Crippen molar-refractivity contribution >= 4 is 43.4 Å². The molecule has 1 unspecified atom stereocenters. The highest BCUT2D eigenvalue weighted by Crippen LogP contribution is 2.26. The summed E-state index contributed by atoms with van der Waals surface area (Å²) >= 11 is 5.14. The number of carbonyl (C=O) groups excluding carboxylic acids is 1. The average Bonchev–Trinajstić information content (AvgIpc) is 2.94. The lowest BCUT2D eigenvalue weighted by molar-refractivity contribution is -0.134. The lowest BCUT2D eigenvalue weighted by Crippen LogP contribution is -2.47. The molecule has 1 atom stereocenters. The minimum Gasteiger partial charge on any atom is -0.338 e. The standard InChI is InChI=1S/C16H20BrN3OS/c17-11-4-5-14-13(9-11)19-15(22-14)6-7-16(21)20-8-2-1-3-12(20)10-18/h4-5,9,12H,1-3,6-8,10,18H2. The zero-order valence-electron chi connectivity index (χ0n) is 12.4. The van der Waals surface area contributed by atoms with Crippen LogP contribution >= 0.6 is 27.3 Å². The molecule has 2 heterocycles. The zero-order chi connectivity index (χ0) is 15.5. The third-order valence-electron chi connectivity index (χ3n) is 4.17. The predicted octanol–water partition coefficient (Wildman–Crippen LogP) is 3.33. The number of halogens is 1. The maximum absolute atomic E-state index is 12.4. The third kappa shape index (κ3) is 3.50. The van der Waals surface area contributed by atoms with Crippen LogP contribution in [-0.2, 0) is 11.2 Å². The van der Waals surface area contributed by atoms with Gasteiger partial charge in [-0.15, -0.1) is 11.3 Å². The van der Waals surface area contributed by atoms with Crippen molar-refractivity contribution < 1.29 is 4.79 Å². The summed E-state index contributed by atoms with van der Waals surface area (Å²) in [4.78, 5) is 19.1. The number of hydrogen-bond donors (Lipinski definition) is 1. The van der Waals surface area contributed by atoms with E-state index in [2.05, 4.69) is 27.0 Å². The monoisotopic (exact) mass is 381 g/mol. The van der Waals surface area contributed by atoms with E-state index in [1.165, 1.54) is 11.1 Å². The quantitative estimate of drug-likeness (QED) is 0.883. The number of nitrogens with zero attached hydrogens (tertiary/aromatic N) is 2. The summed E-state index contributed by atoms with van der Waals surface area (Å²) in [6, 6.07) is 6.34. The van der Waals surface area contributed by atoms with Gasteiger partial charge in [0.15, 0.2) is 0 Å². The predicted molar refractivity (Wildman–Crippen MR) is 94.0 cm³/mol. The summed E-state index contributed by atoms with van der Waals surface area (Å²) in [5.41, 5.74) is 6.79. The highest BCUT2D eigenvalue weighted by atomic mass is 79.9. The molecule has 2 N–H and O–H groups in total. The summed E-state index contributed by atoms with van der Waals surface area (Å²) in [7, 11) is 0. The van der Waals surface area contributed by atoms with Crippen molar-refractivity contribution in [3.8, 4) is 0 Å². The molecule has 3 rings (SSSR count). The first-order valence-electron chi connectivity index (χ1n) is 7.72. The van der Waals surface area contributed by atoms with E-state index < -0.39 is 0 Å². The van der Waals surface area contributed by atoms with Gasteiger partial charge >= 0.3 is 0 Å². The van der Waals surface area contributed by atoms with Gasteiger partial charge in [0.05, 0.1) is 15.2 Å². The first kappa shape index (κ1) is 15.9. The Labute approximate surface area is 142 Å². The van der Waals surface area contributed by atoms with Crippen LogP contribution in [0.5, 0.6) is 0 Å². The van der Waals surface area contributed by atoms with E-state index in [0.29, 0.717) is 19.4 Å². The molecule has 4 nitrogen and oxygen atoms in total. The van der Waals surface area contributed by atoms with Crippen molar-refractivity contribution in [3.05, 3.63) is 27.7 Å². The number of nitrogens with two attached hydrogens (primary N) is 1. The topological polar surface area (TPSA) is 59.2 Å². The smallest absolute Gasteiger partial charge is 0.223 e. The zero-order valence-corrected chi connectivity index (χ0v) is 14.8. The number of aromatic nitrogens is 1. The van der Waals surface area contributed by atoms with Gasteiger partial charge in [-0.25, -0.2) is 4.98 Å². The highest BCUT2D eigenvalue weighted by molar-refractivity contribution is 9.10.